The largest absolute Gasteiger partial charge is 0.388 e. The maximum absolute atomic E-state index is 12.8. The van der Waals surface area contributed by atoms with Gasteiger partial charge in [-0.15, -0.1) is 0 Å². The molecule has 2 aromatic carbocycles. The van der Waals surface area contributed by atoms with Crippen LogP contribution in [-0.2, 0) is 4.79 Å². The molecule has 1 unspecified atom stereocenters. The normalized spacial score (nSPS) is 18.3. The van der Waals surface area contributed by atoms with E-state index in [4.69, 9.17) is 0 Å². The van der Waals surface area contributed by atoms with Gasteiger partial charge in [-0.25, -0.2) is 0 Å². The van der Waals surface area contributed by atoms with E-state index in [0.29, 0.717) is 30.5 Å². The summed E-state index contributed by atoms with van der Waals surface area (Å²) < 4.78 is 0. The minimum atomic E-state index is -0.558. The number of fused-ring (bicyclic) bond motifs is 2. The van der Waals surface area contributed by atoms with Crippen molar-refractivity contribution in [1.82, 2.24) is 4.90 Å². The minimum Gasteiger partial charge on any atom is -0.388 e. The Balaban J connectivity index is 1.41. The van der Waals surface area contributed by atoms with Crippen molar-refractivity contribution in [2.75, 3.05) is 18.0 Å². The number of benzene rings is 2. The fourth-order valence-electron chi connectivity index (χ4n) is 3.94. The third-order valence-corrected chi connectivity index (χ3v) is 5.41. The molecule has 28 heavy (non-hydrogen) atoms. The molecule has 2 heterocycles. The van der Waals surface area contributed by atoms with Gasteiger partial charge in [0.2, 0.25) is 5.91 Å². The van der Waals surface area contributed by atoms with Crippen LogP contribution in [0.4, 0.5) is 5.69 Å². The lowest BCUT2D eigenvalue weighted by molar-refractivity contribution is -0.119. The molecule has 3 amide bonds. The molecule has 2 aliphatic heterocycles. The van der Waals surface area contributed by atoms with Gasteiger partial charge in [-0.05, 0) is 38.0 Å². The van der Waals surface area contributed by atoms with Crippen LogP contribution in [0.15, 0.2) is 42.5 Å². The standard InChI is InChI=1S/C22H22N2O4/c1-14-8-9-18-17(13-14)19(25)10-12-23(18)20(26)7-4-11-24-21(27)15-5-2-3-6-16(15)22(24)28/h2-3,5-6,8-9,13,19,25H,4,7,10-12H2,1H3. The molecule has 1 atom stereocenters. The van der Waals surface area contributed by atoms with Crippen molar-refractivity contribution in [3.8, 4) is 0 Å². The molecule has 2 aliphatic rings. The monoisotopic (exact) mass is 378 g/mol. The molecule has 144 valence electrons. The summed E-state index contributed by atoms with van der Waals surface area (Å²) in [7, 11) is 0. The maximum Gasteiger partial charge on any atom is 0.261 e. The van der Waals surface area contributed by atoms with E-state index in [2.05, 4.69) is 0 Å². The fraction of sp³-hybridized carbons (Fsp3) is 0.318. The molecule has 2 aromatic rings. The quantitative estimate of drug-likeness (QED) is 0.830. The predicted molar refractivity (Wildman–Crippen MR) is 104 cm³/mol. The smallest absolute Gasteiger partial charge is 0.261 e. The van der Waals surface area contributed by atoms with Crippen molar-refractivity contribution in [3.63, 3.8) is 0 Å². The van der Waals surface area contributed by atoms with Gasteiger partial charge >= 0.3 is 0 Å². The Morgan fingerprint density at radius 2 is 1.79 bits per heavy atom. The summed E-state index contributed by atoms with van der Waals surface area (Å²) in [5.41, 5.74) is 3.41. The van der Waals surface area contributed by atoms with Gasteiger partial charge in [-0.1, -0.05) is 29.8 Å². The van der Waals surface area contributed by atoms with Crippen molar-refractivity contribution in [1.29, 1.82) is 0 Å². The zero-order chi connectivity index (χ0) is 19.8. The zero-order valence-electron chi connectivity index (χ0n) is 15.7. The summed E-state index contributed by atoms with van der Waals surface area (Å²) in [4.78, 5) is 40.5. The molecule has 1 N–H and O–H groups in total. The molecule has 0 aliphatic carbocycles. The molecule has 4 rings (SSSR count). The maximum atomic E-state index is 12.8. The molecule has 0 bridgehead atoms. The second-order valence-corrected chi connectivity index (χ2v) is 7.32. The van der Waals surface area contributed by atoms with Gasteiger partial charge in [0.25, 0.3) is 11.8 Å². The molecule has 6 heteroatoms. The van der Waals surface area contributed by atoms with Crippen LogP contribution in [0.5, 0.6) is 0 Å². The number of aliphatic hydroxyl groups is 1. The van der Waals surface area contributed by atoms with E-state index >= 15 is 0 Å². The predicted octanol–water partition coefficient (Wildman–Crippen LogP) is 2.84. The van der Waals surface area contributed by atoms with Crippen LogP contribution in [0.25, 0.3) is 0 Å². The van der Waals surface area contributed by atoms with Crippen LogP contribution in [0.3, 0.4) is 0 Å². The van der Waals surface area contributed by atoms with Crippen LogP contribution in [0.2, 0.25) is 0 Å². The molecule has 0 saturated heterocycles. The van der Waals surface area contributed by atoms with Crippen LogP contribution in [-0.4, -0.2) is 40.8 Å². The highest BCUT2D eigenvalue weighted by molar-refractivity contribution is 6.21. The second-order valence-electron chi connectivity index (χ2n) is 7.32. The summed E-state index contributed by atoms with van der Waals surface area (Å²) in [5, 5.41) is 10.2. The highest BCUT2D eigenvalue weighted by Gasteiger charge is 2.35. The van der Waals surface area contributed by atoms with Crippen molar-refractivity contribution in [2.45, 2.75) is 32.3 Å². The number of aliphatic hydroxyl groups excluding tert-OH is 1. The molecular formula is C22H22N2O4. The number of aryl methyl sites for hydroxylation is 1. The number of amides is 3. The molecule has 0 radical (unpaired) electrons. The van der Waals surface area contributed by atoms with Crippen molar-refractivity contribution < 1.29 is 19.5 Å². The van der Waals surface area contributed by atoms with Gasteiger partial charge < -0.3 is 10.0 Å². The highest BCUT2D eigenvalue weighted by Crippen LogP contribution is 2.35. The number of carbonyl (C=O) groups excluding carboxylic acids is 3. The Kier molecular flexibility index (Phi) is 4.73. The lowest BCUT2D eigenvalue weighted by Gasteiger charge is -2.32. The van der Waals surface area contributed by atoms with E-state index in [0.717, 1.165) is 16.8 Å². The Morgan fingerprint density at radius 1 is 1.11 bits per heavy atom. The van der Waals surface area contributed by atoms with E-state index in [1.54, 1.807) is 29.2 Å². The van der Waals surface area contributed by atoms with E-state index in [9.17, 15) is 19.5 Å². The average molecular weight is 378 g/mol. The Bertz CT molecular complexity index is 934. The molecule has 0 saturated carbocycles. The number of hydrogen-bond acceptors (Lipinski definition) is 4. The third-order valence-electron chi connectivity index (χ3n) is 5.41. The average Bonchev–Trinajstić information content (AvgIpc) is 2.93. The summed E-state index contributed by atoms with van der Waals surface area (Å²) in [6.07, 6.45) is 0.583. The van der Waals surface area contributed by atoms with E-state index in [1.807, 2.05) is 25.1 Å². The topological polar surface area (TPSA) is 77.9 Å². The number of hydrogen-bond donors (Lipinski definition) is 1. The fourth-order valence-corrected chi connectivity index (χ4v) is 3.94. The third kappa shape index (κ3) is 3.10. The second kappa shape index (κ2) is 7.20. The lowest BCUT2D eigenvalue weighted by atomic mass is 9.96. The first-order chi connectivity index (χ1) is 13.5. The van der Waals surface area contributed by atoms with Gasteiger partial charge in [0.05, 0.1) is 17.2 Å². The Morgan fingerprint density at radius 3 is 2.46 bits per heavy atom. The summed E-state index contributed by atoms with van der Waals surface area (Å²) >= 11 is 0. The van der Waals surface area contributed by atoms with E-state index in [1.165, 1.54) is 4.90 Å². The van der Waals surface area contributed by atoms with Crippen molar-refractivity contribution in [3.05, 3.63) is 64.7 Å². The van der Waals surface area contributed by atoms with E-state index < -0.39 is 6.10 Å². The SMILES string of the molecule is Cc1ccc2c(c1)C(O)CCN2C(=O)CCCN1C(=O)c2ccccc2C1=O. The Hall–Kier alpha value is -2.99. The van der Waals surface area contributed by atoms with Gasteiger partial charge in [-0.3, -0.25) is 19.3 Å². The number of imide groups is 1. The molecular weight excluding hydrogens is 356 g/mol. The number of rotatable bonds is 4. The first kappa shape index (κ1) is 18.4. The minimum absolute atomic E-state index is 0.0615. The molecule has 0 spiro atoms. The first-order valence-electron chi connectivity index (χ1n) is 9.51. The molecule has 0 aromatic heterocycles. The first-order valence-corrected chi connectivity index (χ1v) is 9.51. The lowest BCUT2D eigenvalue weighted by Crippen LogP contribution is -2.37. The number of nitrogens with zero attached hydrogens (tertiary/aromatic N) is 2. The van der Waals surface area contributed by atoms with Gasteiger partial charge in [0.1, 0.15) is 0 Å². The molecule has 0 fully saturated rings. The van der Waals surface area contributed by atoms with Crippen molar-refractivity contribution in [2.24, 2.45) is 0 Å². The zero-order valence-corrected chi connectivity index (χ0v) is 15.7. The van der Waals surface area contributed by atoms with Gasteiger partial charge in [0.15, 0.2) is 0 Å². The number of carbonyl (C=O) groups is 3. The highest BCUT2D eigenvalue weighted by atomic mass is 16.3. The summed E-state index contributed by atoms with van der Waals surface area (Å²) in [5.74, 6) is -0.654. The number of anilines is 1. The van der Waals surface area contributed by atoms with Crippen molar-refractivity contribution >= 4 is 23.4 Å². The van der Waals surface area contributed by atoms with Crippen LogP contribution < -0.4 is 4.90 Å². The van der Waals surface area contributed by atoms with E-state index in [-0.39, 0.29) is 30.7 Å². The Labute approximate surface area is 163 Å². The van der Waals surface area contributed by atoms with Crippen LogP contribution in [0, 0.1) is 6.92 Å². The molecule has 6 nitrogen and oxygen atoms in total. The van der Waals surface area contributed by atoms with Gasteiger partial charge in [-0.2, -0.15) is 0 Å². The van der Waals surface area contributed by atoms with Crippen LogP contribution in [0.1, 0.15) is 57.2 Å². The summed E-state index contributed by atoms with van der Waals surface area (Å²) in [6.45, 7) is 2.63. The van der Waals surface area contributed by atoms with Crippen LogP contribution >= 0.6 is 0 Å². The summed E-state index contributed by atoms with van der Waals surface area (Å²) in [6, 6.07) is 12.5. The van der Waals surface area contributed by atoms with Gasteiger partial charge in [0, 0.05) is 30.8 Å².